The summed E-state index contributed by atoms with van der Waals surface area (Å²) in [7, 11) is 0. The van der Waals surface area contributed by atoms with Gasteiger partial charge in [0.2, 0.25) is 11.8 Å². The third-order valence-electron chi connectivity index (χ3n) is 4.86. The zero-order valence-electron chi connectivity index (χ0n) is 17.1. The molecule has 0 bridgehead atoms. The van der Waals surface area contributed by atoms with E-state index >= 15 is 0 Å². The number of ether oxygens (including phenoxy) is 1. The van der Waals surface area contributed by atoms with Gasteiger partial charge in [0.1, 0.15) is 18.4 Å². The first-order valence-electron chi connectivity index (χ1n) is 10.3. The van der Waals surface area contributed by atoms with Gasteiger partial charge in [-0.3, -0.25) is 9.59 Å². The van der Waals surface area contributed by atoms with Crippen molar-refractivity contribution in [3.63, 3.8) is 0 Å². The van der Waals surface area contributed by atoms with E-state index in [9.17, 15) is 9.59 Å². The van der Waals surface area contributed by atoms with Gasteiger partial charge in [0, 0.05) is 26.2 Å². The van der Waals surface area contributed by atoms with Crippen molar-refractivity contribution in [3.05, 3.63) is 29.8 Å². The van der Waals surface area contributed by atoms with Gasteiger partial charge in [0.05, 0.1) is 6.54 Å². The maximum absolute atomic E-state index is 12.5. The molecule has 1 aromatic rings. The zero-order chi connectivity index (χ0) is 20.2. The molecule has 0 saturated heterocycles. The van der Waals surface area contributed by atoms with Crippen LogP contribution in [0.1, 0.15) is 44.6 Å². The molecule has 0 spiro atoms. The van der Waals surface area contributed by atoms with Crippen molar-refractivity contribution in [2.75, 3.05) is 39.3 Å². The second-order valence-corrected chi connectivity index (χ2v) is 7.20. The molecule has 0 aliphatic carbocycles. The Morgan fingerprint density at radius 3 is 2.68 bits per heavy atom. The Labute approximate surface area is 168 Å². The molecule has 2 rings (SSSR count). The van der Waals surface area contributed by atoms with Crippen LogP contribution in [0.15, 0.2) is 24.3 Å². The van der Waals surface area contributed by atoms with Crippen molar-refractivity contribution in [1.29, 1.82) is 0 Å². The van der Waals surface area contributed by atoms with Gasteiger partial charge < -0.3 is 26.0 Å². The lowest BCUT2D eigenvalue weighted by atomic mass is 9.96. The van der Waals surface area contributed by atoms with Crippen LogP contribution in [-0.2, 0) is 9.59 Å². The Balaban J connectivity index is 2.03. The van der Waals surface area contributed by atoms with Crippen molar-refractivity contribution in [2.24, 2.45) is 0 Å². The first-order chi connectivity index (χ1) is 13.6. The molecule has 28 heavy (non-hydrogen) atoms. The Kier molecular flexibility index (Phi) is 9.79. The molecule has 0 saturated carbocycles. The summed E-state index contributed by atoms with van der Waals surface area (Å²) >= 11 is 0. The molecular weight excluding hydrogens is 356 g/mol. The van der Waals surface area contributed by atoms with E-state index in [0.29, 0.717) is 26.1 Å². The standard InChI is InChI=1S/C21H34N4O3/c1-3-6-18-21(27)24-10-9-16(2)17-7-4-5-8-19(17)28-14-13-22-11-12-23-15-20(26)25-18/h4-5,7-8,16,18,22-23H,3,6,9-15H2,1-2H3,(H,24,27)(H,25,26). The van der Waals surface area contributed by atoms with Gasteiger partial charge in [-0.15, -0.1) is 0 Å². The van der Waals surface area contributed by atoms with E-state index in [-0.39, 0.29) is 24.3 Å². The minimum Gasteiger partial charge on any atom is -0.492 e. The van der Waals surface area contributed by atoms with E-state index in [1.165, 1.54) is 0 Å². The SMILES string of the molecule is CCCC1NC(=O)CNCCNCCOc2ccccc2C(C)CCNC1=O. The van der Waals surface area contributed by atoms with E-state index in [4.69, 9.17) is 4.74 Å². The highest BCUT2D eigenvalue weighted by atomic mass is 16.5. The lowest BCUT2D eigenvalue weighted by molar-refractivity contribution is -0.128. The van der Waals surface area contributed by atoms with Crippen LogP contribution in [0, 0.1) is 0 Å². The number of hydrogen-bond acceptors (Lipinski definition) is 5. The zero-order valence-corrected chi connectivity index (χ0v) is 17.1. The first-order valence-corrected chi connectivity index (χ1v) is 10.3. The minimum absolute atomic E-state index is 0.116. The molecule has 1 aliphatic heterocycles. The largest absolute Gasteiger partial charge is 0.492 e. The molecule has 156 valence electrons. The fraction of sp³-hybridized carbons (Fsp3) is 0.619. The number of benzene rings is 1. The molecule has 4 N–H and O–H groups in total. The molecule has 2 unspecified atom stereocenters. The van der Waals surface area contributed by atoms with Crippen molar-refractivity contribution < 1.29 is 14.3 Å². The first kappa shape index (κ1) is 22.2. The Morgan fingerprint density at radius 1 is 1.07 bits per heavy atom. The molecule has 7 heteroatoms. The maximum Gasteiger partial charge on any atom is 0.242 e. The van der Waals surface area contributed by atoms with Crippen LogP contribution in [0.25, 0.3) is 0 Å². The number of para-hydroxylation sites is 1. The normalized spacial score (nSPS) is 23.4. The molecule has 1 aliphatic rings. The van der Waals surface area contributed by atoms with E-state index < -0.39 is 6.04 Å². The van der Waals surface area contributed by atoms with Gasteiger partial charge in [-0.25, -0.2) is 0 Å². The smallest absolute Gasteiger partial charge is 0.242 e. The van der Waals surface area contributed by atoms with Crippen LogP contribution in [0.5, 0.6) is 5.75 Å². The van der Waals surface area contributed by atoms with Crippen molar-refractivity contribution in [1.82, 2.24) is 21.3 Å². The summed E-state index contributed by atoms with van der Waals surface area (Å²) in [5.41, 5.74) is 1.15. The number of fused-ring (bicyclic) bond motifs is 1. The lowest BCUT2D eigenvalue weighted by Crippen LogP contribution is -2.49. The molecular formula is C21H34N4O3. The van der Waals surface area contributed by atoms with E-state index in [1.807, 2.05) is 25.1 Å². The summed E-state index contributed by atoms with van der Waals surface area (Å²) in [6.45, 7) is 7.65. The molecule has 7 nitrogen and oxygen atoms in total. The van der Waals surface area contributed by atoms with Crippen molar-refractivity contribution in [3.8, 4) is 5.75 Å². The maximum atomic E-state index is 12.5. The second kappa shape index (κ2) is 12.4. The molecule has 0 radical (unpaired) electrons. The summed E-state index contributed by atoms with van der Waals surface area (Å²) in [6, 6.07) is 7.59. The molecule has 2 atom stereocenters. The Morgan fingerprint density at radius 2 is 1.86 bits per heavy atom. The average molecular weight is 391 g/mol. The van der Waals surface area contributed by atoms with Gasteiger partial charge in [-0.1, -0.05) is 38.5 Å². The fourth-order valence-corrected chi connectivity index (χ4v) is 3.25. The summed E-state index contributed by atoms with van der Waals surface area (Å²) < 4.78 is 5.96. The second-order valence-electron chi connectivity index (χ2n) is 7.20. The van der Waals surface area contributed by atoms with Crippen LogP contribution in [0.4, 0.5) is 0 Å². The van der Waals surface area contributed by atoms with E-state index in [0.717, 1.165) is 37.2 Å². The van der Waals surface area contributed by atoms with Crippen LogP contribution < -0.4 is 26.0 Å². The number of hydrogen-bond donors (Lipinski definition) is 4. The number of rotatable bonds is 2. The quantitative estimate of drug-likeness (QED) is 0.608. The van der Waals surface area contributed by atoms with Gasteiger partial charge in [-0.05, 0) is 30.4 Å². The van der Waals surface area contributed by atoms with Crippen LogP contribution in [0.3, 0.4) is 0 Å². The summed E-state index contributed by atoms with van der Waals surface area (Å²) in [4.78, 5) is 24.6. The topological polar surface area (TPSA) is 91.5 Å². The van der Waals surface area contributed by atoms with E-state index in [1.54, 1.807) is 0 Å². The lowest BCUT2D eigenvalue weighted by Gasteiger charge is -2.20. The molecule has 2 amide bonds. The Bertz CT molecular complexity index is 623. The number of carbonyl (C=O) groups is 2. The average Bonchev–Trinajstić information content (AvgIpc) is 2.69. The van der Waals surface area contributed by atoms with E-state index in [2.05, 4.69) is 34.3 Å². The molecule has 1 aromatic carbocycles. The van der Waals surface area contributed by atoms with Crippen LogP contribution >= 0.6 is 0 Å². The van der Waals surface area contributed by atoms with Crippen molar-refractivity contribution >= 4 is 11.8 Å². The van der Waals surface area contributed by atoms with Gasteiger partial charge in [0.25, 0.3) is 0 Å². The fourth-order valence-electron chi connectivity index (χ4n) is 3.25. The monoisotopic (exact) mass is 390 g/mol. The summed E-state index contributed by atoms with van der Waals surface area (Å²) in [5, 5.41) is 12.2. The number of carbonyl (C=O) groups excluding carboxylic acids is 2. The van der Waals surface area contributed by atoms with Crippen LogP contribution in [0.2, 0.25) is 0 Å². The number of amides is 2. The van der Waals surface area contributed by atoms with Crippen LogP contribution in [-0.4, -0.2) is 57.2 Å². The minimum atomic E-state index is -0.484. The van der Waals surface area contributed by atoms with Gasteiger partial charge >= 0.3 is 0 Å². The van der Waals surface area contributed by atoms with Crippen molar-refractivity contribution in [2.45, 2.75) is 45.1 Å². The molecule has 1 heterocycles. The molecule has 0 aromatic heterocycles. The predicted molar refractivity (Wildman–Crippen MR) is 111 cm³/mol. The third-order valence-corrected chi connectivity index (χ3v) is 4.86. The highest BCUT2D eigenvalue weighted by molar-refractivity contribution is 5.88. The Hall–Kier alpha value is -2.12. The highest BCUT2D eigenvalue weighted by Crippen LogP contribution is 2.28. The summed E-state index contributed by atoms with van der Waals surface area (Å²) in [6.07, 6.45) is 2.26. The predicted octanol–water partition coefficient (Wildman–Crippen LogP) is 1.15. The van der Waals surface area contributed by atoms with Gasteiger partial charge in [0.15, 0.2) is 0 Å². The van der Waals surface area contributed by atoms with Gasteiger partial charge in [-0.2, -0.15) is 0 Å². The molecule has 0 fully saturated rings. The number of nitrogens with one attached hydrogen (secondary N) is 4. The third kappa shape index (κ3) is 7.48. The summed E-state index contributed by atoms with van der Waals surface area (Å²) in [5.74, 6) is 0.889. The highest BCUT2D eigenvalue weighted by Gasteiger charge is 2.20.